The molecular formula is C44H36N2O. The van der Waals surface area contributed by atoms with E-state index in [4.69, 9.17) is 14.4 Å². The Kier molecular flexibility index (Phi) is 6.06. The van der Waals surface area contributed by atoms with E-state index in [2.05, 4.69) is 121 Å². The topological polar surface area (TPSA) is 38.9 Å². The second-order valence-electron chi connectivity index (χ2n) is 14.5. The first-order valence-corrected chi connectivity index (χ1v) is 17.2. The van der Waals surface area contributed by atoms with E-state index >= 15 is 0 Å². The molecule has 5 aromatic carbocycles. The maximum Gasteiger partial charge on any atom is 0.182 e. The van der Waals surface area contributed by atoms with Gasteiger partial charge < -0.3 is 4.42 Å². The minimum absolute atomic E-state index is 0.266. The molecule has 4 aliphatic rings. The molecule has 2 heterocycles. The summed E-state index contributed by atoms with van der Waals surface area (Å²) in [5.41, 5.74) is 12.5. The zero-order valence-electron chi connectivity index (χ0n) is 26.4. The zero-order chi connectivity index (χ0) is 31.0. The molecule has 4 bridgehead atoms. The monoisotopic (exact) mass is 608 g/mol. The van der Waals surface area contributed by atoms with Crippen LogP contribution in [0.15, 0.2) is 132 Å². The van der Waals surface area contributed by atoms with Gasteiger partial charge in [-0.2, -0.15) is 0 Å². The number of oxazole rings is 1. The lowest BCUT2D eigenvalue weighted by atomic mass is 9.48. The van der Waals surface area contributed by atoms with Crippen LogP contribution in [0.3, 0.4) is 0 Å². The summed E-state index contributed by atoms with van der Waals surface area (Å²) in [6.07, 6.45) is 9.94. The van der Waals surface area contributed by atoms with E-state index < -0.39 is 0 Å². The fourth-order valence-corrected chi connectivity index (χ4v) is 10.0. The van der Waals surface area contributed by atoms with Crippen molar-refractivity contribution < 1.29 is 4.42 Å². The lowest BCUT2D eigenvalue weighted by Crippen LogP contribution is -2.48. The van der Waals surface area contributed by atoms with Crippen molar-refractivity contribution in [3.63, 3.8) is 0 Å². The Morgan fingerprint density at radius 2 is 1.06 bits per heavy atom. The van der Waals surface area contributed by atoms with Gasteiger partial charge in [0, 0.05) is 16.7 Å². The summed E-state index contributed by atoms with van der Waals surface area (Å²) in [5.74, 6) is 2.66. The minimum atomic E-state index is 0.266. The van der Waals surface area contributed by atoms with Crippen molar-refractivity contribution >= 4 is 21.9 Å². The number of rotatable bonds is 5. The van der Waals surface area contributed by atoms with Crippen molar-refractivity contribution in [1.29, 1.82) is 0 Å². The Morgan fingerprint density at radius 1 is 0.532 bits per heavy atom. The summed E-state index contributed by atoms with van der Waals surface area (Å²) in [7, 11) is 0. The summed E-state index contributed by atoms with van der Waals surface area (Å²) in [5, 5.41) is 2.43. The van der Waals surface area contributed by atoms with Gasteiger partial charge in [-0.05, 0) is 107 Å². The van der Waals surface area contributed by atoms with Gasteiger partial charge in [0.2, 0.25) is 0 Å². The number of aromatic nitrogens is 2. The van der Waals surface area contributed by atoms with E-state index in [1.807, 2.05) is 0 Å². The second kappa shape index (κ2) is 10.5. The molecule has 0 atom stereocenters. The van der Waals surface area contributed by atoms with Crippen LogP contribution in [-0.2, 0) is 5.41 Å². The molecule has 11 rings (SSSR count). The maximum atomic E-state index is 6.28. The van der Waals surface area contributed by atoms with Crippen molar-refractivity contribution in [2.75, 3.05) is 0 Å². The van der Waals surface area contributed by atoms with Gasteiger partial charge in [-0.15, -0.1) is 0 Å². The highest BCUT2D eigenvalue weighted by molar-refractivity contribution is 6.08. The van der Waals surface area contributed by atoms with Gasteiger partial charge >= 0.3 is 0 Å². The number of nitrogens with zero attached hydrogens (tertiary/aromatic N) is 2. The SMILES string of the molecule is c1ccc(-c2cc(-c3ccc(-c4ccc(C56CC7CC(CC(C7)C5)C6)c5ncoc45)c4ccccc34)cc(-c3ccccc3)n2)cc1. The second-order valence-corrected chi connectivity index (χ2v) is 14.5. The number of benzene rings is 5. The third-order valence-electron chi connectivity index (χ3n) is 11.6. The van der Waals surface area contributed by atoms with Gasteiger partial charge in [-0.1, -0.05) is 109 Å². The maximum absolute atomic E-state index is 6.28. The van der Waals surface area contributed by atoms with Gasteiger partial charge in [-0.3, -0.25) is 0 Å². The average molecular weight is 609 g/mol. The van der Waals surface area contributed by atoms with Gasteiger partial charge in [0.1, 0.15) is 5.52 Å². The molecule has 4 saturated carbocycles. The van der Waals surface area contributed by atoms with Gasteiger partial charge in [0.25, 0.3) is 0 Å². The number of pyridine rings is 1. The zero-order valence-corrected chi connectivity index (χ0v) is 26.4. The van der Waals surface area contributed by atoms with Crippen molar-refractivity contribution in [2.24, 2.45) is 17.8 Å². The number of hydrogen-bond acceptors (Lipinski definition) is 3. The predicted octanol–water partition coefficient (Wildman–Crippen LogP) is 11.5. The molecule has 3 heteroatoms. The van der Waals surface area contributed by atoms with Crippen molar-refractivity contribution in [3.8, 4) is 44.8 Å². The van der Waals surface area contributed by atoms with Gasteiger partial charge in [0.15, 0.2) is 12.0 Å². The average Bonchev–Trinajstić information content (AvgIpc) is 3.61. The molecule has 0 spiro atoms. The molecule has 47 heavy (non-hydrogen) atoms. The summed E-state index contributed by atoms with van der Waals surface area (Å²) in [4.78, 5) is 10.0. The first-order chi connectivity index (χ1) is 23.2. The highest BCUT2D eigenvalue weighted by Gasteiger charge is 2.52. The summed E-state index contributed by atoms with van der Waals surface area (Å²) >= 11 is 0. The molecule has 0 saturated heterocycles. The fraction of sp³-hybridized carbons (Fsp3) is 0.227. The molecule has 2 aromatic heterocycles. The molecule has 228 valence electrons. The van der Waals surface area contributed by atoms with E-state index in [1.54, 1.807) is 6.39 Å². The molecule has 0 amide bonds. The molecule has 3 nitrogen and oxygen atoms in total. The summed E-state index contributed by atoms with van der Waals surface area (Å²) < 4.78 is 6.28. The third-order valence-corrected chi connectivity index (χ3v) is 11.6. The highest BCUT2D eigenvalue weighted by Crippen LogP contribution is 2.61. The van der Waals surface area contributed by atoms with Gasteiger partial charge in [0.05, 0.1) is 11.4 Å². The Balaban J connectivity index is 1.13. The third kappa shape index (κ3) is 4.40. The van der Waals surface area contributed by atoms with Crippen LogP contribution in [-0.4, -0.2) is 9.97 Å². The lowest BCUT2D eigenvalue weighted by molar-refractivity contribution is -0.00457. The van der Waals surface area contributed by atoms with Crippen molar-refractivity contribution in [1.82, 2.24) is 9.97 Å². The van der Waals surface area contributed by atoms with Crippen LogP contribution in [0.25, 0.3) is 66.6 Å². The normalized spacial score (nSPS) is 23.1. The quantitative estimate of drug-likeness (QED) is 0.195. The summed E-state index contributed by atoms with van der Waals surface area (Å²) in [6, 6.07) is 43.5. The van der Waals surface area contributed by atoms with E-state index in [0.29, 0.717) is 0 Å². The number of fused-ring (bicyclic) bond motifs is 2. The van der Waals surface area contributed by atoms with Crippen LogP contribution < -0.4 is 0 Å². The Labute approximate surface area is 275 Å². The molecule has 4 aliphatic carbocycles. The molecule has 0 radical (unpaired) electrons. The van der Waals surface area contributed by atoms with Crippen LogP contribution in [0.2, 0.25) is 0 Å². The molecule has 0 unspecified atom stereocenters. The first kappa shape index (κ1) is 27.1. The molecule has 0 aliphatic heterocycles. The van der Waals surface area contributed by atoms with E-state index in [9.17, 15) is 0 Å². The van der Waals surface area contributed by atoms with E-state index in [1.165, 1.54) is 66.0 Å². The van der Waals surface area contributed by atoms with Crippen LogP contribution in [0.5, 0.6) is 0 Å². The molecule has 4 fully saturated rings. The van der Waals surface area contributed by atoms with Crippen LogP contribution in [0.4, 0.5) is 0 Å². The Bertz CT molecular complexity index is 2190. The summed E-state index contributed by atoms with van der Waals surface area (Å²) in [6.45, 7) is 0. The highest BCUT2D eigenvalue weighted by atomic mass is 16.3. The van der Waals surface area contributed by atoms with Crippen LogP contribution in [0.1, 0.15) is 44.1 Å². The Hall–Kier alpha value is -5.02. The Morgan fingerprint density at radius 3 is 1.68 bits per heavy atom. The van der Waals surface area contributed by atoms with Crippen LogP contribution >= 0.6 is 0 Å². The number of hydrogen-bond donors (Lipinski definition) is 0. The van der Waals surface area contributed by atoms with E-state index in [-0.39, 0.29) is 5.41 Å². The standard InChI is InChI=1S/C44H36N2O/c1-3-9-31(10-4-1)40-22-33(23-41(46-40)32-11-5-2-6-12-32)34-15-16-37(36-14-8-7-13-35(34)36)38-17-18-39(42-43(38)47-27-45-42)44-24-28-19-29(25-44)21-30(20-28)26-44/h1-18,22-23,27-30H,19-21,24-26H2. The van der Waals surface area contributed by atoms with Gasteiger partial charge in [-0.25, -0.2) is 9.97 Å². The first-order valence-electron chi connectivity index (χ1n) is 17.2. The minimum Gasteiger partial charge on any atom is -0.443 e. The molecule has 0 N–H and O–H groups in total. The largest absolute Gasteiger partial charge is 0.443 e. The van der Waals surface area contributed by atoms with Crippen LogP contribution in [0, 0.1) is 17.8 Å². The molecule has 7 aromatic rings. The smallest absolute Gasteiger partial charge is 0.182 e. The fourth-order valence-electron chi connectivity index (χ4n) is 10.0. The molecular weight excluding hydrogens is 572 g/mol. The lowest BCUT2D eigenvalue weighted by Gasteiger charge is -2.57. The van der Waals surface area contributed by atoms with E-state index in [0.717, 1.165) is 62.5 Å². The predicted molar refractivity (Wildman–Crippen MR) is 191 cm³/mol. The van der Waals surface area contributed by atoms with Crippen molar-refractivity contribution in [2.45, 2.75) is 43.9 Å². The van der Waals surface area contributed by atoms with Crippen molar-refractivity contribution in [3.05, 3.63) is 133 Å².